The zero-order chi connectivity index (χ0) is 34.4. The number of carbonyl (C=O) groups is 2. The van der Waals surface area contributed by atoms with E-state index in [4.69, 9.17) is 9.47 Å². The number of rotatable bonds is 8. The van der Waals surface area contributed by atoms with Crippen molar-refractivity contribution in [2.75, 3.05) is 10.7 Å². The smallest absolute Gasteiger partial charge is 0.416 e. The van der Waals surface area contributed by atoms with Gasteiger partial charge in [0.25, 0.3) is 0 Å². The maximum atomic E-state index is 12.5. The molecule has 0 amide bonds. The average molecular weight is 774 g/mol. The molecule has 0 bridgehead atoms. The van der Waals surface area contributed by atoms with Gasteiger partial charge >= 0.3 is 12.4 Å². The third-order valence-electron chi connectivity index (χ3n) is 6.65. The Balaban J connectivity index is 0.000000250. The molecule has 4 nitrogen and oxygen atoms in total. The first-order valence-corrected chi connectivity index (χ1v) is 15.8. The largest absolute Gasteiger partial charge is 0.457 e. The fraction of sp³-hybridized carbons (Fsp3) is 0.235. The van der Waals surface area contributed by atoms with Gasteiger partial charge in [0.15, 0.2) is 11.6 Å². The lowest BCUT2D eigenvalue weighted by Crippen LogP contribution is -2.06. The van der Waals surface area contributed by atoms with Crippen LogP contribution in [0.3, 0.4) is 0 Å². The van der Waals surface area contributed by atoms with Crippen LogP contribution in [0.2, 0.25) is 0 Å². The van der Waals surface area contributed by atoms with E-state index in [9.17, 15) is 35.9 Å². The van der Waals surface area contributed by atoms with Crippen molar-refractivity contribution in [3.63, 3.8) is 0 Å². The first-order chi connectivity index (χ1) is 21.4. The molecular formula is C34H28Br2F6O4. The van der Waals surface area contributed by atoms with Crippen LogP contribution in [0.4, 0.5) is 26.3 Å². The van der Waals surface area contributed by atoms with E-state index in [1.54, 1.807) is 52.0 Å². The number of benzene rings is 4. The van der Waals surface area contributed by atoms with E-state index in [-0.39, 0.29) is 22.2 Å². The van der Waals surface area contributed by atoms with Gasteiger partial charge in [-0.05, 0) is 123 Å². The molecule has 12 heteroatoms. The van der Waals surface area contributed by atoms with Gasteiger partial charge in [-0.1, -0.05) is 31.9 Å². The SMILES string of the molecule is Cc1cc(Oc2ccc(C(F)(F)F)cc2)cc(C)c1C(=O)CBr.Cc1cc(Oc2ccc(C(F)(F)F)cc2)cc(C)c1C(=O)CBr. The van der Waals surface area contributed by atoms with Crippen LogP contribution in [-0.4, -0.2) is 22.2 Å². The van der Waals surface area contributed by atoms with Gasteiger partial charge in [-0.15, -0.1) is 0 Å². The Morgan fingerprint density at radius 2 is 0.783 bits per heavy atom. The van der Waals surface area contributed by atoms with Crippen LogP contribution < -0.4 is 9.47 Å². The molecular weight excluding hydrogens is 746 g/mol. The summed E-state index contributed by atoms with van der Waals surface area (Å²) >= 11 is 6.28. The summed E-state index contributed by atoms with van der Waals surface area (Å²) in [5.41, 5.74) is 2.84. The van der Waals surface area contributed by atoms with Crippen molar-refractivity contribution in [3.8, 4) is 23.0 Å². The Hall–Kier alpha value is -3.64. The van der Waals surface area contributed by atoms with Gasteiger partial charge in [0, 0.05) is 11.1 Å². The van der Waals surface area contributed by atoms with Crippen molar-refractivity contribution in [1.29, 1.82) is 0 Å². The second-order valence-corrected chi connectivity index (χ2v) is 11.3. The monoisotopic (exact) mass is 772 g/mol. The van der Waals surface area contributed by atoms with E-state index in [1.807, 2.05) is 0 Å². The van der Waals surface area contributed by atoms with Crippen LogP contribution in [0.1, 0.15) is 54.1 Å². The van der Waals surface area contributed by atoms with E-state index < -0.39 is 23.5 Å². The Labute approximate surface area is 279 Å². The molecule has 244 valence electrons. The van der Waals surface area contributed by atoms with Gasteiger partial charge in [-0.2, -0.15) is 26.3 Å². The molecule has 46 heavy (non-hydrogen) atoms. The van der Waals surface area contributed by atoms with Gasteiger partial charge in [-0.3, -0.25) is 9.59 Å². The number of ether oxygens (including phenoxy) is 2. The molecule has 0 N–H and O–H groups in total. The van der Waals surface area contributed by atoms with E-state index in [0.717, 1.165) is 46.5 Å². The number of alkyl halides is 8. The van der Waals surface area contributed by atoms with Crippen LogP contribution in [-0.2, 0) is 12.4 Å². The summed E-state index contributed by atoms with van der Waals surface area (Å²) in [4.78, 5) is 23.7. The predicted octanol–water partition coefficient (Wildman–Crippen LogP) is 11.4. The molecule has 0 fully saturated rings. The highest BCUT2D eigenvalue weighted by Gasteiger charge is 2.31. The minimum Gasteiger partial charge on any atom is -0.457 e. The van der Waals surface area contributed by atoms with Gasteiger partial charge in [-0.25, -0.2) is 0 Å². The van der Waals surface area contributed by atoms with Crippen molar-refractivity contribution in [1.82, 2.24) is 0 Å². The fourth-order valence-corrected chi connectivity index (χ4v) is 5.24. The van der Waals surface area contributed by atoms with E-state index in [0.29, 0.717) is 34.1 Å². The normalized spacial score (nSPS) is 11.4. The molecule has 0 atom stereocenters. The van der Waals surface area contributed by atoms with E-state index in [2.05, 4.69) is 31.9 Å². The number of hydrogen-bond donors (Lipinski definition) is 0. The summed E-state index contributed by atoms with van der Waals surface area (Å²) in [5.74, 6) is 1.51. The zero-order valence-electron chi connectivity index (χ0n) is 25.0. The lowest BCUT2D eigenvalue weighted by atomic mass is 9.99. The lowest BCUT2D eigenvalue weighted by molar-refractivity contribution is -0.138. The highest BCUT2D eigenvalue weighted by atomic mass is 79.9. The molecule has 4 aromatic carbocycles. The summed E-state index contributed by atoms with van der Waals surface area (Å²) in [6.45, 7) is 7.18. The summed E-state index contributed by atoms with van der Waals surface area (Å²) < 4.78 is 86.3. The molecule has 0 spiro atoms. The van der Waals surface area contributed by atoms with Gasteiger partial charge in [0.05, 0.1) is 21.8 Å². The minimum atomic E-state index is -4.37. The highest BCUT2D eigenvalue weighted by Crippen LogP contribution is 2.34. The summed E-state index contributed by atoms with van der Waals surface area (Å²) in [5, 5.41) is 0.460. The number of ketones is 2. The second kappa shape index (κ2) is 15.3. The Morgan fingerprint density at radius 1 is 0.522 bits per heavy atom. The van der Waals surface area contributed by atoms with Gasteiger partial charge < -0.3 is 9.47 Å². The molecule has 4 aromatic rings. The molecule has 0 aliphatic heterocycles. The number of carbonyl (C=O) groups excluding carboxylic acids is 2. The number of hydrogen-bond acceptors (Lipinski definition) is 4. The molecule has 0 aliphatic rings. The predicted molar refractivity (Wildman–Crippen MR) is 171 cm³/mol. The summed E-state index contributed by atoms with van der Waals surface area (Å²) in [6.07, 6.45) is -8.74. The number of Topliss-reactive ketones (excluding diaryl/α,β-unsaturated/α-hetero) is 2. The van der Waals surface area contributed by atoms with Gasteiger partial charge in [0.1, 0.15) is 23.0 Å². The van der Waals surface area contributed by atoms with Gasteiger partial charge in [0.2, 0.25) is 0 Å². The third kappa shape index (κ3) is 9.68. The van der Waals surface area contributed by atoms with Crippen molar-refractivity contribution in [2.45, 2.75) is 40.0 Å². The minimum absolute atomic E-state index is 0.0268. The van der Waals surface area contributed by atoms with Crippen LogP contribution in [0.15, 0.2) is 72.8 Å². The Morgan fingerprint density at radius 3 is 1.00 bits per heavy atom. The van der Waals surface area contributed by atoms with E-state index >= 15 is 0 Å². The molecule has 0 aliphatic carbocycles. The van der Waals surface area contributed by atoms with Crippen LogP contribution in [0.25, 0.3) is 0 Å². The standard InChI is InChI=1S/2C17H14BrF3O2/c2*1-10-7-14(8-11(2)16(10)15(22)9-18)23-13-5-3-12(4-6-13)17(19,20)21/h2*3-8H,9H2,1-2H3. The molecule has 0 heterocycles. The first kappa shape index (κ1) is 36.8. The quantitative estimate of drug-likeness (QED) is 0.102. The van der Waals surface area contributed by atoms with E-state index in [1.165, 1.54) is 24.3 Å². The maximum Gasteiger partial charge on any atom is 0.416 e. The zero-order valence-corrected chi connectivity index (χ0v) is 28.2. The van der Waals surface area contributed by atoms with Crippen molar-refractivity contribution >= 4 is 43.4 Å². The lowest BCUT2D eigenvalue weighted by Gasteiger charge is -2.13. The fourth-order valence-electron chi connectivity index (χ4n) is 4.67. The van der Waals surface area contributed by atoms with Crippen molar-refractivity contribution in [3.05, 3.63) is 117 Å². The molecule has 0 saturated carbocycles. The Kier molecular flexibility index (Phi) is 12.2. The van der Waals surface area contributed by atoms with Crippen molar-refractivity contribution in [2.24, 2.45) is 0 Å². The molecule has 0 unspecified atom stereocenters. The third-order valence-corrected chi connectivity index (χ3v) is 7.67. The molecule has 4 rings (SSSR count). The van der Waals surface area contributed by atoms with Crippen LogP contribution in [0.5, 0.6) is 23.0 Å². The van der Waals surface area contributed by atoms with Crippen LogP contribution in [0, 0.1) is 27.7 Å². The number of aryl methyl sites for hydroxylation is 4. The molecule has 0 aromatic heterocycles. The number of halogens is 8. The summed E-state index contributed by atoms with van der Waals surface area (Å²) in [7, 11) is 0. The first-order valence-electron chi connectivity index (χ1n) is 13.6. The van der Waals surface area contributed by atoms with Crippen molar-refractivity contribution < 1.29 is 45.4 Å². The molecule has 0 radical (unpaired) electrons. The second-order valence-electron chi connectivity index (χ2n) is 10.2. The maximum absolute atomic E-state index is 12.5. The highest BCUT2D eigenvalue weighted by molar-refractivity contribution is 9.09. The Bertz CT molecular complexity index is 1520. The molecule has 0 saturated heterocycles. The average Bonchev–Trinajstić information content (AvgIpc) is 2.96. The van der Waals surface area contributed by atoms with Crippen LogP contribution >= 0.6 is 31.9 Å². The topological polar surface area (TPSA) is 52.6 Å². The summed E-state index contributed by atoms with van der Waals surface area (Å²) in [6, 6.07) is 15.7.